The number of hydrogen-bond donors (Lipinski definition) is 1. The molecule has 0 spiro atoms. The third-order valence-electron chi connectivity index (χ3n) is 1.82. The van der Waals surface area contributed by atoms with Crippen LogP contribution in [-0.2, 0) is 0 Å². The zero-order valence-corrected chi connectivity index (χ0v) is 7.76. The van der Waals surface area contributed by atoms with Crippen LogP contribution in [0.25, 0.3) is 0 Å². The van der Waals surface area contributed by atoms with Gasteiger partial charge in [0, 0.05) is 0 Å². The summed E-state index contributed by atoms with van der Waals surface area (Å²) in [5.74, 6) is 0.716. The van der Waals surface area contributed by atoms with Crippen molar-refractivity contribution in [2.45, 2.75) is 25.7 Å². The van der Waals surface area contributed by atoms with Crippen LogP contribution in [0.15, 0.2) is 25.3 Å². The minimum absolute atomic E-state index is 0. The van der Waals surface area contributed by atoms with Crippen LogP contribution in [-0.4, -0.2) is 12.0 Å². The van der Waals surface area contributed by atoms with Gasteiger partial charge in [0.15, 0.2) is 0 Å². The Hall–Kier alpha value is -0.600. The van der Waals surface area contributed by atoms with Crippen molar-refractivity contribution in [3.05, 3.63) is 25.3 Å². The molecule has 0 radical (unpaired) electrons. The van der Waals surface area contributed by atoms with Crippen LogP contribution >= 0.6 is 0 Å². The molecule has 0 rings (SSSR count). The molecule has 0 aromatic heterocycles. The Morgan fingerprint density at radius 3 is 2.00 bits per heavy atom. The van der Waals surface area contributed by atoms with Gasteiger partial charge in [-0.25, -0.2) is 0 Å². The Morgan fingerprint density at radius 2 is 1.67 bits per heavy atom. The molecular weight excluding hydrogens is 150 g/mol. The summed E-state index contributed by atoms with van der Waals surface area (Å²) in [5, 5.41) is 0. The van der Waals surface area contributed by atoms with Gasteiger partial charge in [0.1, 0.15) is 0 Å². The maximum atomic E-state index is 5.42. The molecule has 72 valence electrons. The van der Waals surface area contributed by atoms with Crippen LogP contribution in [0, 0.1) is 5.92 Å². The first kappa shape index (κ1) is 14.0. The molecule has 4 N–H and O–H groups in total. The van der Waals surface area contributed by atoms with E-state index in [-0.39, 0.29) is 5.48 Å². The van der Waals surface area contributed by atoms with E-state index in [0.29, 0.717) is 5.92 Å². The molecule has 0 unspecified atom stereocenters. The second-order valence-corrected chi connectivity index (χ2v) is 2.85. The van der Waals surface area contributed by atoms with E-state index in [1.807, 2.05) is 12.2 Å². The largest absolute Gasteiger partial charge is 0.412 e. The lowest BCUT2D eigenvalue weighted by Gasteiger charge is -2.10. The smallest absolute Gasteiger partial charge is 0.00772 e. The van der Waals surface area contributed by atoms with Crippen molar-refractivity contribution in [1.29, 1.82) is 0 Å². The van der Waals surface area contributed by atoms with Crippen LogP contribution < -0.4 is 5.73 Å². The average Bonchev–Trinajstić information content (AvgIpc) is 2.01. The standard InChI is InChI=1S/C10H19N.H2O/c1-3-6-10(7-4-2)8-5-9-11;/h3-4,10H,1-2,5-9,11H2;1H2. The SMILES string of the molecule is C=CCC(CC=C)CCCN.O. The van der Waals surface area contributed by atoms with E-state index in [0.717, 1.165) is 25.8 Å². The zero-order valence-electron chi connectivity index (χ0n) is 7.76. The molecule has 0 aromatic carbocycles. The highest BCUT2D eigenvalue weighted by atomic mass is 16.0. The zero-order chi connectivity index (χ0) is 8.53. The Kier molecular flexibility index (Phi) is 12.1. The first-order valence-electron chi connectivity index (χ1n) is 4.27. The minimum atomic E-state index is 0. The molecule has 0 aliphatic heterocycles. The summed E-state index contributed by atoms with van der Waals surface area (Å²) in [6, 6.07) is 0. The van der Waals surface area contributed by atoms with Crippen molar-refractivity contribution in [2.24, 2.45) is 11.7 Å². The Bertz CT molecular complexity index is 102. The normalized spacial score (nSPS) is 9.17. The molecule has 0 atom stereocenters. The second-order valence-electron chi connectivity index (χ2n) is 2.85. The van der Waals surface area contributed by atoms with Crippen molar-refractivity contribution in [1.82, 2.24) is 0 Å². The highest BCUT2D eigenvalue weighted by molar-refractivity contribution is 4.79. The van der Waals surface area contributed by atoms with E-state index in [9.17, 15) is 0 Å². The third-order valence-corrected chi connectivity index (χ3v) is 1.82. The molecule has 2 nitrogen and oxygen atoms in total. The van der Waals surface area contributed by atoms with Crippen LogP contribution in [0.2, 0.25) is 0 Å². The maximum absolute atomic E-state index is 5.42. The fourth-order valence-corrected chi connectivity index (χ4v) is 1.21. The molecule has 0 saturated heterocycles. The van der Waals surface area contributed by atoms with E-state index in [2.05, 4.69) is 13.2 Å². The van der Waals surface area contributed by atoms with Crippen molar-refractivity contribution in [2.75, 3.05) is 6.54 Å². The van der Waals surface area contributed by atoms with Gasteiger partial charge in [-0.15, -0.1) is 13.2 Å². The molecule has 0 heterocycles. The van der Waals surface area contributed by atoms with Gasteiger partial charge in [0.2, 0.25) is 0 Å². The second kappa shape index (κ2) is 10.4. The van der Waals surface area contributed by atoms with E-state index in [1.54, 1.807) is 0 Å². The van der Waals surface area contributed by atoms with Crippen LogP contribution in [0.1, 0.15) is 25.7 Å². The quantitative estimate of drug-likeness (QED) is 0.582. The molecule has 0 fully saturated rings. The number of rotatable bonds is 7. The van der Waals surface area contributed by atoms with Gasteiger partial charge in [0.25, 0.3) is 0 Å². The Balaban J connectivity index is 0. The third kappa shape index (κ3) is 7.51. The molecular formula is C10H21NO. The van der Waals surface area contributed by atoms with Crippen LogP contribution in [0.3, 0.4) is 0 Å². The van der Waals surface area contributed by atoms with Gasteiger partial charge < -0.3 is 11.2 Å². The molecule has 0 aliphatic rings. The summed E-state index contributed by atoms with van der Waals surface area (Å²) in [6.07, 6.45) is 8.45. The molecule has 0 aliphatic carbocycles. The average molecular weight is 171 g/mol. The van der Waals surface area contributed by atoms with Gasteiger partial charge in [0.05, 0.1) is 0 Å². The molecule has 0 bridgehead atoms. The summed E-state index contributed by atoms with van der Waals surface area (Å²) in [6.45, 7) is 8.25. The van der Waals surface area contributed by atoms with Crippen molar-refractivity contribution in [3.63, 3.8) is 0 Å². The van der Waals surface area contributed by atoms with Gasteiger partial charge in [-0.05, 0) is 38.1 Å². The van der Waals surface area contributed by atoms with Gasteiger partial charge >= 0.3 is 0 Å². The van der Waals surface area contributed by atoms with E-state index in [4.69, 9.17) is 5.73 Å². The first-order valence-corrected chi connectivity index (χ1v) is 4.27. The lowest BCUT2D eigenvalue weighted by atomic mass is 9.96. The van der Waals surface area contributed by atoms with E-state index < -0.39 is 0 Å². The Morgan fingerprint density at radius 1 is 1.17 bits per heavy atom. The molecule has 0 amide bonds. The highest BCUT2D eigenvalue weighted by Crippen LogP contribution is 2.15. The Labute approximate surface area is 75.5 Å². The predicted molar refractivity (Wildman–Crippen MR) is 55.0 cm³/mol. The fourth-order valence-electron chi connectivity index (χ4n) is 1.21. The molecule has 0 saturated carbocycles. The number of hydrogen-bond acceptors (Lipinski definition) is 1. The maximum Gasteiger partial charge on any atom is -0.00772 e. The van der Waals surface area contributed by atoms with Gasteiger partial charge in [-0.1, -0.05) is 12.2 Å². The number of allylic oxidation sites excluding steroid dienone is 2. The summed E-state index contributed by atoms with van der Waals surface area (Å²) in [5.41, 5.74) is 5.42. The van der Waals surface area contributed by atoms with Crippen LogP contribution in [0.5, 0.6) is 0 Å². The van der Waals surface area contributed by atoms with Gasteiger partial charge in [-0.2, -0.15) is 0 Å². The lowest BCUT2D eigenvalue weighted by molar-refractivity contribution is 0.483. The van der Waals surface area contributed by atoms with Crippen molar-refractivity contribution in [3.8, 4) is 0 Å². The van der Waals surface area contributed by atoms with Gasteiger partial charge in [-0.3, -0.25) is 0 Å². The first-order chi connectivity index (χ1) is 5.35. The summed E-state index contributed by atoms with van der Waals surface area (Å²) in [7, 11) is 0. The lowest BCUT2D eigenvalue weighted by Crippen LogP contribution is -2.04. The van der Waals surface area contributed by atoms with Crippen molar-refractivity contribution >= 4 is 0 Å². The molecule has 0 aromatic rings. The summed E-state index contributed by atoms with van der Waals surface area (Å²) in [4.78, 5) is 0. The van der Waals surface area contributed by atoms with Crippen LogP contribution in [0.4, 0.5) is 0 Å². The highest BCUT2D eigenvalue weighted by Gasteiger charge is 2.02. The van der Waals surface area contributed by atoms with Crippen molar-refractivity contribution < 1.29 is 5.48 Å². The topological polar surface area (TPSA) is 57.5 Å². The summed E-state index contributed by atoms with van der Waals surface area (Å²) < 4.78 is 0. The predicted octanol–water partition coefficient (Wildman–Crippen LogP) is 1.67. The number of nitrogens with two attached hydrogens (primary N) is 1. The molecule has 2 heteroatoms. The van der Waals surface area contributed by atoms with E-state index in [1.165, 1.54) is 6.42 Å². The monoisotopic (exact) mass is 171 g/mol. The summed E-state index contributed by atoms with van der Waals surface area (Å²) >= 11 is 0. The molecule has 12 heavy (non-hydrogen) atoms. The fraction of sp³-hybridized carbons (Fsp3) is 0.600. The van der Waals surface area contributed by atoms with E-state index >= 15 is 0 Å². The minimum Gasteiger partial charge on any atom is -0.412 e.